The molecule has 0 fully saturated rings. The second-order valence-corrected chi connectivity index (χ2v) is 5.04. The topological polar surface area (TPSA) is 106 Å². The molecule has 5 nitrogen and oxygen atoms in total. The second-order valence-electron chi connectivity index (χ2n) is 5.04. The highest BCUT2D eigenvalue weighted by Gasteiger charge is 2.50. The van der Waals surface area contributed by atoms with Crippen LogP contribution in [0.4, 0.5) is 0 Å². The van der Waals surface area contributed by atoms with Gasteiger partial charge in [0.15, 0.2) is 11.2 Å². The number of carboxylic acids is 1. The normalized spacial score (nSPS) is 28.4. The number of rotatable bonds is 5. The van der Waals surface area contributed by atoms with Crippen molar-refractivity contribution in [1.29, 1.82) is 0 Å². The molecule has 0 amide bonds. The molecule has 2 unspecified atom stereocenters. The van der Waals surface area contributed by atoms with Crippen LogP contribution < -0.4 is 11.5 Å². The van der Waals surface area contributed by atoms with Gasteiger partial charge in [-0.2, -0.15) is 0 Å². The van der Waals surface area contributed by atoms with E-state index in [1.807, 2.05) is 13.8 Å². The van der Waals surface area contributed by atoms with Crippen LogP contribution in [0, 0.1) is 11.3 Å². The van der Waals surface area contributed by atoms with Gasteiger partial charge in [0.05, 0.1) is 6.04 Å². The van der Waals surface area contributed by atoms with Gasteiger partial charge in [-0.25, -0.2) is 0 Å². The van der Waals surface area contributed by atoms with Gasteiger partial charge in [-0.3, -0.25) is 9.59 Å². The van der Waals surface area contributed by atoms with Crippen LogP contribution in [-0.2, 0) is 9.59 Å². The molecule has 0 bridgehead atoms. The third kappa shape index (κ3) is 2.52. The predicted octanol–water partition coefficient (Wildman–Crippen LogP) is 0.453. The summed E-state index contributed by atoms with van der Waals surface area (Å²) >= 11 is 0. The fourth-order valence-electron chi connectivity index (χ4n) is 2.14. The maximum Gasteiger partial charge on any atom is 0.323 e. The minimum Gasteiger partial charge on any atom is -0.480 e. The summed E-state index contributed by atoms with van der Waals surface area (Å²) in [4.78, 5) is 23.8. The van der Waals surface area contributed by atoms with Crippen LogP contribution in [-0.4, -0.2) is 28.9 Å². The lowest BCUT2D eigenvalue weighted by Crippen LogP contribution is -2.56. The molecule has 5 N–H and O–H groups in total. The van der Waals surface area contributed by atoms with Crippen LogP contribution in [0.15, 0.2) is 24.3 Å². The highest BCUT2D eigenvalue weighted by atomic mass is 16.4. The maximum absolute atomic E-state index is 12.3. The summed E-state index contributed by atoms with van der Waals surface area (Å²) < 4.78 is 0. The van der Waals surface area contributed by atoms with Gasteiger partial charge in [0.25, 0.3) is 0 Å². The van der Waals surface area contributed by atoms with Gasteiger partial charge in [0, 0.05) is 6.04 Å². The Balaban J connectivity index is 3.06. The largest absolute Gasteiger partial charge is 0.480 e. The van der Waals surface area contributed by atoms with Gasteiger partial charge in [0.1, 0.15) is 0 Å². The summed E-state index contributed by atoms with van der Waals surface area (Å²) in [5, 5.41) is 9.37. The molecule has 5 heteroatoms. The number of carboxylic acid groups (broad SMARTS) is 1. The van der Waals surface area contributed by atoms with Crippen molar-refractivity contribution < 1.29 is 14.7 Å². The van der Waals surface area contributed by atoms with E-state index in [9.17, 15) is 14.7 Å². The third-order valence-electron chi connectivity index (χ3n) is 3.14. The quantitative estimate of drug-likeness (QED) is 0.616. The third-order valence-corrected chi connectivity index (χ3v) is 3.14. The van der Waals surface area contributed by atoms with Gasteiger partial charge in [-0.05, 0) is 12.3 Å². The number of ketones is 1. The number of hydrogen-bond acceptors (Lipinski definition) is 4. The molecule has 0 saturated carbocycles. The molecule has 1 rings (SSSR count). The first-order valence-corrected chi connectivity index (χ1v) is 5.97. The molecule has 1 aliphatic rings. The number of nitrogens with two attached hydrogens (primary N) is 2. The standard InChI is InChI=1S/C13H20N2O3/c1-8(2)7-9(14)11(16)13(12(17)18)6-4-3-5-10(13)15/h3-6,8-10H,7,14-15H2,1-2H3,(H,17,18)/t9-,10?,13?/m0/s1. The van der Waals surface area contributed by atoms with Gasteiger partial charge < -0.3 is 16.6 Å². The van der Waals surface area contributed by atoms with E-state index in [4.69, 9.17) is 11.5 Å². The smallest absolute Gasteiger partial charge is 0.323 e. The Morgan fingerprint density at radius 1 is 1.39 bits per heavy atom. The van der Waals surface area contributed by atoms with Crippen molar-refractivity contribution in [3.8, 4) is 0 Å². The Hall–Kier alpha value is -1.46. The summed E-state index contributed by atoms with van der Waals surface area (Å²) in [6, 6.07) is -1.70. The molecule has 1 aliphatic carbocycles. The van der Waals surface area contributed by atoms with Crippen molar-refractivity contribution in [3.63, 3.8) is 0 Å². The van der Waals surface area contributed by atoms with Crippen molar-refractivity contribution in [1.82, 2.24) is 0 Å². The molecule has 0 radical (unpaired) electrons. The van der Waals surface area contributed by atoms with Crippen LogP contribution in [0.1, 0.15) is 20.3 Å². The van der Waals surface area contributed by atoms with Crippen LogP contribution in [0.5, 0.6) is 0 Å². The molecule has 0 spiro atoms. The molecule has 100 valence electrons. The van der Waals surface area contributed by atoms with Crippen molar-refractivity contribution in [2.45, 2.75) is 32.4 Å². The average Bonchev–Trinajstić information content (AvgIpc) is 2.27. The Morgan fingerprint density at radius 2 is 2.00 bits per heavy atom. The van der Waals surface area contributed by atoms with E-state index in [2.05, 4.69) is 0 Å². The van der Waals surface area contributed by atoms with E-state index in [0.29, 0.717) is 6.42 Å². The van der Waals surface area contributed by atoms with E-state index >= 15 is 0 Å². The monoisotopic (exact) mass is 252 g/mol. The summed E-state index contributed by atoms with van der Waals surface area (Å²) in [6.07, 6.45) is 6.44. The van der Waals surface area contributed by atoms with Crippen molar-refractivity contribution >= 4 is 11.8 Å². The van der Waals surface area contributed by atoms with E-state index in [1.54, 1.807) is 6.08 Å². The molecule has 3 atom stereocenters. The molecule has 0 aliphatic heterocycles. The lowest BCUT2D eigenvalue weighted by atomic mass is 9.71. The van der Waals surface area contributed by atoms with E-state index in [-0.39, 0.29) is 5.92 Å². The van der Waals surface area contributed by atoms with Crippen LogP contribution in [0.25, 0.3) is 0 Å². The first kappa shape index (κ1) is 14.6. The van der Waals surface area contributed by atoms with E-state index < -0.39 is 29.3 Å². The highest BCUT2D eigenvalue weighted by Crippen LogP contribution is 2.30. The number of hydrogen-bond donors (Lipinski definition) is 3. The molecular weight excluding hydrogens is 232 g/mol. The SMILES string of the molecule is CC(C)C[C@H](N)C(=O)C1(C(=O)O)C=CC=CC1N. The first-order chi connectivity index (χ1) is 8.32. The van der Waals surface area contributed by atoms with Crippen LogP contribution >= 0.6 is 0 Å². The number of carbonyl (C=O) groups is 2. The minimum atomic E-state index is -1.73. The summed E-state index contributed by atoms with van der Waals surface area (Å²) in [7, 11) is 0. The number of allylic oxidation sites excluding steroid dienone is 2. The Bertz CT molecular complexity index is 401. The fourth-order valence-corrected chi connectivity index (χ4v) is 2.14. The van der Waals surface area contributed by atoms with Gasteiger partial charge in [0.2, 0.25) is 0 Å². The van der Waals surface area contributed by atoms with Crippen LogP contribution in [0.2, 0.25) is 0 Å². The van der Waals surface area contributed by atoms with E-state index in [1.165, 1.54) is 18.2 Å². The Labute approximate surface area is 107 Å². The Kier molecular flexibility index (Phi) is 4.43. The zero-order valence-corrected chi connectivity index (χ0v) is 10.7. The highest BCUT2D eigenvalue weighted by molar-refractivity contribution is 6.09. The zero-order chi connectivity index (χ0) is 13.9. The van der Waals surface area contributed by atoms with Crippen molar-refractivity contribution in [2.24, 2.45) is 22.8 Å². The van der Waals surface area contributed by atoms with E-state index in [0.717, 1.165) is 0 Å². The minimum absolute atomic E-state index is 0.217. The first-order valence-electron chi connectivity index (χ1n) is 5.97. The molecule has 0 saturated heterocycles. The second kappa shape index (κ2) is 5.46. The number of carbonyl (C=O) groups excluding carboxylic acids is 1. The molecule has 0 aromatic rings. The lowest BCUT2D eigenvalue weighted by Gasteiger charge is -2.33. The van der Waals surface area contributed by atoms with Gasteiger partial charge in [-0.1, -0.05) is 38.2 Å². The molecule has 18 heavy (non-hydrogen) atoms. The van der Waals surface area contributed by atoms with Gasteiger partial charge in [-0.15, -0.1) is 0 Å². The average molecular weight is 252 g/mol. The number of Topliss-reactive ketones (excluding diaryl/α,β-unsaturated/α-hetero) is 1. The fraction of sp³-hybridized carbons (Fsp3) is 0.538. The maximum atomic E-state index is 12.3. The molecular formula is C13H20N2O3. The van der Waals surface area contributed by atoms with Crippen LogP contribution in [0.3, 0.4) is 0 Å². The van der Waals surface area contributed by atoms with Crippen molar-refractivity contribution in [3.05, 3.63) is 24.3 Å². The molecule has 0 aromatic heterocycles. The van der Waals surface area contributed by atoms with Gasteiger partial charge >= 0.3 is 5.97 Å². The van der Waals surface area contributed by atoms with Crippen molar-refractivity contribution in [2.75, 3.05) is 0 Å². The summed E-state index contributed by atoms with van der Waals surface area (Å²) in [6.45, 7) is 3.86. The zero-order valence-electron chi connectivity index (χ0n) is 10.7. The predicted molar refractivity (Wildman–Crippen MR) is 68.8 cm³/mol. The number of aliphatic carboxylic acids is 1. The molecule has 0 aromatic carbocycles. The Morgan fingerprint density at radius 3 is 2.44 bits per heavy atom. The summed E-state index contributed by atoms with van der Waals surface area (Å²) in [5.41, 5.74) is 9.86. The summed E-state index contributed by atoms with van der Waals surface area (Å²) in [5.74, 6) is -1.56. The molecule has 0 heterocycles. The lowest BCUT2D eigenvalue weighted by molar-refractivity contribution is -0.152.